The maximum Gasteiger partial charge on any atom is 0.153 e. The van der Waals surface area contributed by atoms with Crippen molar-refractivity contribution in [3.05, 3.63) is 27.5 Å². The summed E-state index contributed by atoms with van der Waals surface area (Å²) in [6.45, 7) is 0. The molecule has 0 unspecified atom stereocenters. The van der Waals surface area contributed by atoms with Crippen LogP contribution in [0.3, 0.4) is 0 Å². The van der Waals surface area contributed by atoms with Crippen molar-refractivity contribution in [1.29, 1.82) is 0 Å². The molecule has 1 aromatic carbocycles. The molecule has 2 aromatic rings. The van der Waals surface area contributed by atoms with Crippen LogP contribution in [-0.2, 0) is 0 Å². The monoisotopic (exact) mass is 270 g/mol. The maximum absolute atomic E-state index is 10.8. The lowest BCUT2D eigenvalue weighted by molar-refractivity contribution is 0.112. The number of rotatable bonds is 2. The van der Waals surface area contributed by atoms with E-state index in [1.807, 2.05) is 11.4 Å². The van der Waals surface area contributed by atoms with Gasteiger partial charge in [0.2, 0.25) is 0 Å². The van der Waals surface area contributed by atoms with E-state index < -0.39 is 0 Å². The van der Waals surface area contributed by atoms with Gasteiger partial charge in [0.1, 0.15) is 5.75 Å². The quantitative estimate of drug-likeness (QED) is 0.781. The molecule has 0 aliphatic rings. The number of benzene rings is 1. The smallest absolute Gasteiger partial charge is 0.153 e. The number of hydrogen-bond donors (Lipinski definition) is 0. The van der Waals surface area contributed by atoms with Gasteiger partial charge in [-0.05, 0) is 28.1 Å². The van der Waals surface area contributed by atoms with Gasteiger partial charge in [-0.2, -0.15) is 0 Å². The second-order valence-electron chi connectivity index (χ2n) is 2.76. The summed E-state index contributed by atoms with van der Waals surface area (Å²) < 4.78 is 7.31. The highest BCUT2D eigenvalue weighted by atomic mass is 79.9. The van der Waals surface area contributed by atoms with E-state index in [-0.39, 0.29) is 0 Å². The lowest BCUT2D eigenvalue weighted by Crippen LogP contribution is -1.90. The molecule has 1 heterocycles. The van der Waals surface area contributed by atoms with Gasteiger partial charge in [-0.1, -0.05) is 0 Å². The molecule has 0 aliphatic carbocycles. The highest BCUT2D eigenvalue weighted by Crippen LogP contribution is 2.38. The molecule has 14 heavy (non-hydrogen) atoms. The lowest BCUT2D eigenvalue weighted by Gasteiger charge is -2.05. The first-order valence-corrected chi connectivity index (χ1v) is 5.64. The number of aldehydes is 1. The van der Waals surface area contributed by atoms with Crippen molar-refractivity contribution >= 4 is 43.6 Å². The van der Waals surface area contributed by atoms with E-state index in [0.29, 0.717) is 11.3 Å². The first kappa shape index (κ1) is 9.68. The summed E-state index contributed by atoms with van der Waals surface area (Å²) in [6.07, 6.45) is 0.808. The summed E-state index contributed by atoms with van der Waals surface area (Å²) in [6, 6.07) is 3.70. The van der Waals surface area contributed by atoms with Gasteiger partial charge in [-0.3, -0.25) is 4.79 Å². The van der Waals surface area contributed by atoms with Gasteiger partial charge < -0.3 is 4.74 Å². The number of fused-ring (bicyclic) bond motifs is 1. The minimum absolute atomic E-state index is 0.583. The van der Waals surface area contributed by atoms with Gasteiger partial charge in [0, 0.05) is 19.9 Å². The summed E-state index contributed by atoms with van der Waals surface area (Å²) in [4.78, 5) is 10.8. The van der Waals surface area contributed by atoms with E-state index in [4.69, 9.17) is 4.74 Å². The van der Waals surface area contributed by atoms with Crippen molar-refractivity contribution in [2.45, 2.75) is 0 Å². The third kappa shape index (κ3) is 1.35. The van der Waals surface area contributed by atoms with E-state index in [2.05, 4.69) is 15.9 Å². The lowest BCUT2D eigenvalue weighted by atomic mass is 10.1. The van der Waals surface area contributed by atoms with Crippen molar-refractivity contribution in [2.75, 3.05) is 7.11 Å². The van der Waals surface area contributed by atoms with Crippen LogP contribution < -0.4 is 4.74 Å². The minimum atomic E-state index is 0.583. The minimum Gasteiger partial charge on any atom is -0.495 e. The molecule has 0 N–H and O–H groups in total. The zero-order valence-corrected chi connectivity index (χ0v) is 9.81. The van der Waals surface area contributed by atoms with Crippen LogP contribution in [0.15, 0.2) is 22.0 Å². The van der Waals surface area contributed by atoms with Crippen LogP contribution >= 0.6 is 27.3 Å². The predicted molar refractivity (Wildman–Crippen MR) is 61.5 cm³/mol. The molecule has 0 fully saturated rings. The Hall–Kier alpha value is -0.870. The van der Waals surface area contributed by atoms with Gasteiger partial charge in [0.15, 0.2) is 6.29 Å². The molecule has 0 spiro atoms. The van der Waals surface area contributed by atoms with E-state index in [1.165, 1.54) is 0 Å². The van der Waals surface area contributed by atoms with Gasteiger partial charge >= 0.3 is 0 Å². The summed E-state index contributed by atoms with van der Waals surface area (Å²) in [7, 11) is 1.58. The molecule has 0 saturated carbocycles. The summed E-state index contributed by atoms with van der Waals surface area (Å²) in [5.74, 6) is 0.644. The van der Waals surface area contributed by atoms with Crippen LogP contribution in [0.1, 0.15) is 10.4 Å². The fraction of sp³-hybridized carbons (Fsp3) is 0.100. The average molecular weight is 271 g/mol. The van der Waals surface area contributed by atoms with Crippen molar-refractivity contribution in [2.24, 2.45) is 0 Å². The topological polar surface area (TPSA) is 26.3 Å². The van der Waals surface area contributed by atoms with Crippen LogP contribution in [0, 0.1) is 0 Å². The normalized spacial score (nSPS) is 10.4. The molecule has 0 radical (unpaired) electrons. The number of carbonyl (C=O) groups excluding carboxylic acids is 1. The Labute approximate surface area is 93.6 Å². The number of methoxy groups -OCH3 is 1. The second-order valence-corrected chi connectivity index (χ2v) is 4.53. The molecule has 1 aromatic heterocycles. The van der Waals surface area contributed by atoms with E-state index in [0.717, 1.165) is 20.8 Å². The second kappa shape index (κ2) is 3.71. The van der Waals surface area contributed by atoms with Crippen molar-refractivity contribution in [3.63, 3.8) is 0 Å². The summed E-state index contributed by atoms with van der Waals surface area (Å²) in [5, 5.41) is 2.96. The Morgan fingerprint density at radius 3 is 2.93 bits per heavy atom. The number of thiophene rings is 1. The van der Waals surface area contributed by atoms with Crippen LogP contribution in [0.4, 0.5) is 0 Å². The molecule has 2 rings (SSSR count). The van der Waals surface area contributed by atoms with Crippen LogP contribution in [-0.4, -0.2) is 13.4 Å². The Morgan fingerprint density at radius 2 is 2.29 bits per heavy atom. The predicted octanol–water partition coefficient (Wildman–Crippen LogP) is 3.48. The van der Waals surface area contributed by atoms with Crippen LogP contribution in [0.2, 0.25) is 0 Å². The van der Waals surface area contributed by atoms with Crippen LogP contribution in [0.5, 0.6) is 5.75 Å². The Morgan fingerprint density at radius 1 is 1.50 bits per heavy atom. The van der Waals surface area contributed by atoms with Gasteiger partial charge in [-0.15, -0.1) is 11.3 Å². The fourth-order valence-corrected chi connectivity index (χ4v) is 3.01. The van der Waals surface area contributed by atoms with Gasteiger partial charge in [0.05, 0.1) is 12.7 Å². The number of hydrogen-bond acceptors (Lipinski definition) is 3. The zero-order valence-electron chi connectivity index (χ0n) is 7.41. The van der Waals surface area contributed by atoms with Crippen molar-refractivity contribution < 1.29 is 9.53 Å². The number of ether oxygens (including phenoxy) is 1. The fourth-order valence-electron chi connectivity index (χ4n) is 1.39. The Bertz CT molecular complexity index is 490. The van der Waals surface area contributed by atoms with E-state index >= 15 is 0 Å². The molecule has 0 atom stereocenters. The van der Waals surface area contributed by atoms with Crippen LogP contribution in [0.25, 0.3) is 10.1 Å². The summed E-state index contributed by atoms with van der Waals surface area (Å²) >= 11 is 5.06. The largest absolute Gasteiger partial charge is 0.495 e. The molecule has 0 aliphatic heterocycles. The Kier molecular flexibility index (Phi) is 2.56. The molecule has 0 amide bonds. The van der Waals surface area contributed by atoms with Crippen molar-refractivity contribution in [1.82, 2.24) is 0 Å². The van der Waals surface area contributed by atoms with Gasteiger partial charge in [-0.25, -0.2) is 0 Å². The SMILES string of the molecule is COc1c(C=O)ccc2scc(Br)c12. The van der Waals surface area contributed by atoms with Crippen molar-refractivity contribution in [3.8, 4) is 5.75 Å². The highest BCUT2D eigenvalue weighted by molar-refractivity contribution is 9.10. The molecular formula is C10H7BrO2S. The number of halogens is 1. The molecule has 0 bridgehead atoms. The standard InChI is InChI=1S/C10H7BrO2S/c1-13-10-6(4-12)2-3-8-9(10)7(11)5-14-8/h2-5H,1H3. The maximum atomic E-state index is 10.8. The zero-order chi connectivity index (χ0) is 10.1. The molecular weight excluding hydrogens is 264 g/mol. The molecule has 4 heteroatoms. The van der Waals surface area contributed by atoms with Gasteiger partial charge in [0.25, 0.3) is 0 Å². The highest BCUT2D eigenvalue weighted by Gasteiger charge is 2.11. The average Bonchev–Trinajstić information content (AvgIpc) is 2.59. The third-order valence-corrected chi connectivity index (χ3v) is 3.89. The molecule has 0 saturated heterocycles. The third-order valence-electron chi connectivity index (χ3n) is 2.01. The van der Waals surface area contributed by atoms with E-state index in [1.54, 1.807) is 24.5 Å². The summed E-state index contributed by atoms with van der Waals surface area (Å²) in [5.41, 5.74) is 0.583. The first-order chi connectivity index (χ1) is 6.77. The Balaban J connectivity index is 2.87. The number of carbonyl (C=O) groups is 1. The molecule has 2 nitrogen and oxygen atoms in total. The molecule has 72 valence electrons. The first-order valence-electron chi connectivity index (χ1n) is 3.96. The van der Waals surface area contributed by atoms with E-state index in [9.17, 15) is 4.79 Å².